The van der Waals surface area contributed by atoms with Gasteiger partial charge in [-0.25, -0.2) is 0 Å². The molecule has 2 aromatic carbocycles. The summed E-state index contributed by atoms with van der Waals surface area (Å²) in [7, 11) is 0. The van der Waals surface area contributed by atoms with Crippen molar-refractivity contribution in [3.05, 3.63) is 65.2 Å². The number of hydrogen-bond donors (Lipinski definition) is 2. The van der Waals surface area contributed by atoms with Gasteiger partial charge in [-0.2, -0.15) is 0 Å². The Balaban J connectivity index is 1.34. The fourth-order valence-corrected chi connectivity index (χ4v) is 3.92. The van der Waals surface area contributed by atoms with E-state index in [1.165, 1.54) is 24.0 Å². The van der Waals surface area contributed by atoms with E-state index < -0.39 is 0 Å². The molecular formula is C23H28N2O2. The van der Waals surface area contributed by atoms with Gasteiger partial charge < -0.3 is 15.3 Å². The molecule has 0 aromatic heterocycles. The molecule has 1 aliphatic heterocycles. The summed E-state index contributed by atoms with van der Waals surface area (Å²) in [6.07, 6.45) is 4.40. The van der Waals surface area contributed by atoms with Crippen LogP contribution in [0.4, 0.5) is 5.69 Å². The third-order valence-corrected chi connectivity index (χ3v) is 5.85. The minimum absolute atomic E-state index is 0.0945. The lowest BCUT2D eigenvalue weighted by atomic mass is 9.97. The van der Waals surface area contributed by atoms with Crippen LogP contribution in [0, 0.1) is 5.92 Å². The molecule has 142 valence electrons. The van der Waals surface area contributed by atoms with Crippen LogP contribution >= 0.6 is 0 Å². The molecule has 0 atom stereocenters. The third kappa shape index (κ3) is 4.33. The van der Waals surface area contributed by atoms with Gasteiger partial charge in [0.1, 0.15) is 0 Å². The lowest BCUT2D eigenvalue weighted by Crippen LogP contribution is -2.39. The largest absolute Gasteiger partial charge is 0.396 e. The average Bonchev–Trinajstić information content (AvgIpc) is 3.58. The lowest BCUT2D eigenvalue weighted by Gasteiger charge is -2.31. The van der Waals surface area contributed by atoms with Gasteiger partial charge in [-0.05, 0) is 72.9 Å². The number of anilines is 1. The van der Waals surface area contributed by atoms with E-state index in [0.29, 0.717) is 5.92 Å². The molecule has 4 nitrogen and oxygen atoms in total. The van der Waals surface area contributed by atoms with Gasteiger partial charge in [0.2, 0.25) is 0 Å². The maximum atomic E-state index is 12.7. The minimum atomic E-state index is 0.0945. The zero-order valence-electron chi connectivity index (χ0n) is 15.7. The molecule has 2 aliphatic rings. The van der Waals surface area contributed by atoms with Crippen LogP contribution in [0.3, 0.4) is 0 Å². The third-order valence-electron chi connectivity index (χ3n) is 5.85. The molecule has 1 saturated heterocycles. The Morgan fingerprint density at radius 2 is 1.70 bits per heavy atom. The van der Waals surface area contributed by atoms with Gasteiger partial charge in [0.25, 0.3) is 5.91 Å². The number of hydrogen-bond acceptors (Lipinski definition) is 3. The molecule has 2 fully saturated rings. The van der Waals surface area contributed by atoms with E-state index in [9.17, 15) is 9.90 Å². The van der Waals surface area contributed by atoms with Crippen molar-refractivity contribution in [3.8, 4) is 0 Å². The molecule has 0 unspecified atom stereocenters. The second kappa shape index (κ2) is 8.13. The Bertz CT molecular complexity index is 775. The van der Waals surface area contributed by atoms with Crippen molar-refractivity contribution >= 4 is 11.6 Å². The van der Waals surface area contributed by atoms with Crippen LogP contribution in [-0.4, -0.2) is 35.6 Å². The number of rotatable bonds is 6. The van der Waals surface area contributed by atoms with E-state index in [0.717, 1.165) is 49.6 Å². The monoisotopic (exact) mass is 364 g/mol. The first-order valence-electron chi connectivity index (χ1n) is 10.1. The molecule has 0 spiro atoms. The van der Waals surface area contributed by atoms with Crippen LogP contribution in [0.25, 0.3) is 0 Å². The molecule has 1 heterocycles. The first kappa shape index (κ1) is 18.1. The molecule has 0 bridgehead atoms. The van der Waals surface area contributed by atoms with Gasteiger partial charge >= 0.3 is 0 Å². The summed E-state index contributed by atoms with van der Waals surface area (Å²) in [6.45, 7) is 2.52. The second-order valence-electron chi connectivity index (χ2n) is 7.82. The highest BCUT2D eigenvalue weighted by atomic mass is 16.3. The van der Waals surface area contributed by atoms with E-state index in [1.54, 1.807) is 0 Å². The maximum Gasteiger partial charge on any atom is 0.253 e. The number of carbonyl (C=O) groups is 1. The van der Waals surface area contributed by atoms with Crippen LogP contribution in [0.1, 0.15) is 53.1 Å². The fraction of sp³-hybridized carbons (Fsp3) is 0.435. The Morgan fingerprint density at radius 1 is 1.00 bits per heavy atom. The van der Waals surface area contributed by atoms with Crippen LogP contribution in [0.15, 0.2) is 48.5 Å². The minimum Gasteiger partial charge on any atom is -0.396 e. The smallest absolute Gasteiger partial charge is 0.253 e. The van der Waals surface area contributed by atoms with E-state index in [2.05, 4.69) is 29.6 Å². The summed E-state index contributed by atoms with van der Waals surface area (Å²) in [4.78, 5) is 14.6. The van der Waals surface area contributed by atoms with Gasteiger partial charge in [-0.15, -0.1) is 0 Å². The summed E-state index contributed by atoms with van der Waals surface area (Å²) in [5.41, 5.74) is 4.62. The number of likely N-dealkylation sites (tertiary alicyclic amines) is 1. The summed E-state index contributed by atoms with van der Waals surface area (Å²) in [5, 5.41) is 12.7. The number of nitrogens with one attached hydrogen (secondary N) is 1. The number of amides is 1. The van der Waals surface area contributed by atoms with E-state index in [4.69, 9.17) is 0 Å². The SMILES string of the molecule is O=C(c1ccc(NCc2ccccc2C2CC2)cc1)N1CCC(CO)CC1. The molecule has 2 N–H and O–H groups in total. The second-order valence-corrected chi connectivity index (χ2v) is 7.82. The van der Waals surface area contributed by atoms with Gasteiger partial charge in [0, 0.05) is 37.5 Å². The first-order valence-corrected chi connectivity index (χ1v) is 10.1. The maximum absolute atomic E-state index is 12.7. The van der Waals surface area contributed by atoms with Gasteiger partial charge in [-0.3, -0.25) is 4.79 Å². The van der Waals surface area contributed by atoms with Crippen LogP contribution in [-0.2, 0) is 6.54 Å². The number of nitrogens with zero attached hydrogens (tertiary/aromatic N) is 1. The van der Waals surface area contributed by atoms with Crippen molar-refractivity contribution in [2.75, 3.05) is 25.0 Å². The van der Waals surface area contributed by atoms with Gasteiger partial charge in [-0.1, -0.05) is 24.3 Å². The van der Waals surface area contributed by atoms with E-state index in [1.807, 2.05) is 29.2 Å². The summed E-state index contributed by atoms with van der Waals surface area (Å²) in [5.74, 6) is 1.19. The van der Waals surface area contributed by atoms with E-state index >= 15 is 0 Å². The molecule has 2 aromatic rings. The molecule has 1 amide bonds. The highest BCUT2D eigenvalue weighted by Gasteiger charge is 2.25. The zero-order valence-corrected chi connectivity index (χ0v) is 15.7. The predicted molar refractivity (Wildman–Crippen MR) is 108 cm³/mol. The van der Waals surface area contributed by atoms with Gasteiger partial charge in [0.05, 0.1) is 0 Å². The van der Waals surface area contributed by atoms with Crippen molar-refractivity contribution in [2.24, 2.45) is 5.92 Å². The topological polar surface area (TPSA) is 52.6 Å². The number of piperidine rings is 1. The predicted octanol–water partition coefficient (Wildman–Crippen LogP) is 4.02. The standard InChI is InChI=1S/C23H28N2O2/c26-16-17-11-13-25(14-12-17)23(27)19-7-9-21(10-8-19)24-15-20-3-1-2-4-22(20)18-5-6-18/h1-4,7-10,17-18,24,26H,5-6,11-16H2. The molecular weight excluding hydrogens is 336 g/mol. The molecule has 4 heteroatoms. The van der Waals surface area contributed by atoms with Crippen molar-refractivity contribution < 1.29 is 9.90 Å². The Labute approximate surface area is 161 Å². The van der Waals surface area contributed by atoms with Crippen molar-refractivity contribution in [1.29, 1.82) is 0 Å². The van der Waals surface area contributed by atoms with Gasteiger partial charge in [0.15, 0.2) is 0 Å². The number of aliphatic hydroxyl groups excluding tert-OH is 1. The van der Waals surface area contributed by atoms with Crippen LogP contribution in [0.5, 0.6) is 0 Å². The Hall–Kier alpha value is -2.33. The van der Waals surface area contributed by atoms with Crippen molar-refractivity contribution in [1.82, 2.24) is 4.90 Å². The van der Waals surface area contributed by atoms with E-state index in [-0.39, 0.29) is 12.5 Å². The molecule has 0 radical (unpaired) electrons. The molecule has 1 saturated carbocycles. The molecule has 1 aliphatic carbocycles. The highest BCUT2D eigenvalue weighted by molar-refractivity contribution is 5.94. The quantitative estimate of drug-likeness (QED) is 0.814. The fourth-order valence-electron chi connectivity index (χ4n) is 3.92. The summed E-state index contributed by atoms with van der Waals surface area (Å²) in [6, 6.07) is 16.5. The van der Waals surface area contributed by atoms with Crippen molar-refractivity contribution in [3.63, 3.8) is 0 Å². The Morgan fingerprint density at radius 3 is 2.37 bits per heavy atom. The number of benzene rings is 2. The van der Waals surface area contributed by atoms with Crippen LogP contribution < -0.4 is 5.32 Å². The zero-order chi connectivity index (χ0) is 18.6. The average molecular weight is 364 g/mol. The number of aliphatic hydroxyl groups is 1. The summed E-state index contributed by atoms with van der Waals surface area (Å²) < 4.78 is 0. The van der Waals surface area contributed by atoms with Crippen molar-refractivity contribution in [2.45, 2.75) is 38.1 Å². The normalized spacial score (nSPS) is 17.7. The molecule has 4 rings (SSSR count). The summed E-state index contributed by atoms with van der Waals surface area (Å²) >= 11 is 0. The first-order chi connectivity index (χ1) is 13.2. The Kier molecular flexibility index (Phi) is 5.44. The lowest BCUT2D eigenvalue weighted by molar-refractivity contribution is 0.0651. The van der Waals surface area contributed by atoms with Crippen LogP contribution in [0.2, 0.25) is 0 Å². The number of carbonyl (C=O) groups excluding carboxylic acids is 1. The highest BCUT2D eigenvalue weighted by Crippen LogP contribution is 2.41. The molecule has 27 heavy (non-hydrogen) atoms.